The van der Waals surface area contributed by atoms with Crippen molar-refractivity contribution >= 4 is 30.1 Å². The van der Waals surface area contributed by atoms with Crippen LogP contribution in [0.25, 0.3) is 24.4 Å². The highest BCUT2D eigenvalue weighted by atomic mass is 14.9. The summed E-state index contributed by atoms with van der Waals surface area (Å²) in [5.74, 6) is 0. The fraction of sp³-hybridized carbons (Fsp3) is 0.0714. The average molecular weight is 382 g/mol. The Morgan fingerprint density at radius 3 is 2.17 bits per heavy atom. The van der Waals surface area contributed by atoms with E-state index in [2.05, 4.69) is 38.2 Å². The topological polar surface area (TPSA) is 12.0 Å². The molecule has 2 aromatic carbocycles. The largest absolute Gasteiger partial charge is 0.355 e. The zero-order valence-electron chi connectivity index (χ0n) is 17.6. The van der Waals surface area contributed by atoms with Gasteiger partial charge in [-0.2, -0.15) is 0 Å². The summed E-state index contributed by atoms with van der Waals surface area (Å²) < 4.78 is 0. The van der Waals surface area contributed by atoms with Crippen molar-refractivity contribution < 1.29 is 0 Å². The van der Waals surface area contributed by atoms with Gasteiger partial charge in [-0.25, -0.2) is 0 Å². The van der Waals surface area contributed by atoms with Crippen LogP contribution in [0.5, 0.6) is 0 Å². The van der Waals surface area contributed by atoms with Gasteiger partial charge < -0.3 is 5.32 Å². The number of allylic oxidation sites excluding steroid dienone is 5. The average Bonchev–Trinajstić information content (AvgIpc) is 2.76. The molecule has 0 fully saturated rings. The van der Waals surface area contributed by atoms with Gasteiger partial charge in [0.2, 0.25) is 0 Å². The zero-order valence-corrected chi connectivity index (χ0v) is 17.6. The molecule has 1 N–H and O–H groups in total. The lowest BCUT2D eigenvalue weighted by Gasteiger charge is -2.13. The number of benzene rings is 2. The molecule has 0 heterocycles. The van der Waals surface area contributed by atoms with Gasteiger partial charge >= 0.3 is 0 Å². The predicted octanol–water partition coefficient (Wildman–Crippen LogP) is 6.48. The molecule has 29 heavy (non-hydrogen) atoms. The molecule has 1 heteroatoms. The summed E-state index contributed by atoms with van der Waals surface area (Å²) in [6.07, 6.45) is 13.3. The second-order valence-electron chi connectivity index (χ2n) is 6.26. The summed E-state index contributed by atoms with van der Waals surface area (Å²) in [7, 11) is 0. The molecule has 0 atom stereocenters. The van der Waals surface area contributed by atoms with Crippen LogP contribution in [0.4, 0.5) is 5.69 Å². The SMILES string of the molecule is C=C/C(C)=C\C=C/C.C=C/C(Nc1cccc(C=C)c1C=C)=c1/ccccc1=C. The van der Waals surface area contributed by atoms with E-state index in [0.717, 1.165) is 32.9 Å². The minimum Gasteiger partial charge on any atom is -0.355 e. The second kappa shape index (κ2) is 12.7. The summed E-state index contributed by atoms with van der Waals surface area (Å²) in [4.78, 5) is 0. The van der Waals surface area contributed by atoms with Crippen LogP contribution < -0.4 is 15.8 Å². The standard InChI is InChI=1S/C20H19N.C8H12/c1-5-16-12-10-14-20(17(16)6-2)21-19(7-3)18-13-9-8-11-15(18)4;1-4-6-7-8(3)5-2/h5-14,21H,1-4H2;4-7H,2H2,1,3H3/b19-18+;6-4-,8-7-. The van der Waals surface area contributed by atoms with Crippen LogP contribution in [-0.2, 0) is 0 Å². The van der Waals surface area contributed by atoms with Gasteiger partial charge in [-0.1, -0.05) is 111 Å². The first-order valence-corrected chi connectivity index (χ1v) is 9.50. The van der Waals surface area contributed by atoms with E-state index in [4.69, 9.17) is 0 Å². The first-order chi connectivity index (χ1) is 14.0. The number of anilines is 1. The number of nitrogens with one attached hydrogen (secondary N) is 1. The number of hydrogen-bond acceptors (Lipinski definition) is 1. The normalized spacial score (nSPS) is 11.7. The van der Waals surface area contributed by atoms with E-state index in [0.29, 0.717) is 0 Å². The molecular weight excluding hydrogens is 350 g/mol. The van der Waals surface area contributed by atoms with E-state index < -0.39 is 0 Å². The molecule has 0 aliphatic carbocycles. The van der Waals surface area contributed by atoms with Crippen molar-refractivity contribution in [2.75, 3.05) is 5.32 Å². The van der Waals surface area contributed by atoms with E-state index in [1.165, 1.54) is 5.57 Å². The van der Waals surface area contributed by atoms with Gasteiger partial charge in [-0.15, -0.1) is 0 Å². The van der Waals surface area contributed by atoms with Gasteiger partial charge in [0, 0.05) is 22.2 Å². The van der Waals surface area contributed by atoms with Crippen molar-refractivity contribution in [2.24, 2.45) is 0 Å². The molecule has 0 unspecified atom stereocenters. The van der Waals surface area contributed by atoms with Crippen LogP contribution in [0.1, 0.15) is 25.0 Å². The lowest BCUT2D eigenvalue weighted by atomic mass is 10.0. The van der Waals surface area contributed by atoms with Crippen molar-refractivity contribution in [3.63, 3.8) is 0 Å². The molecule has 0 amide bonds. The molecule has 0 saturated heterocycles. The Labute approximate surface area is 175 Å². The third kappa shape index (κ3) is 7.15. The Morgan fingerprint density at radius 2 is 1.62 bits per heavy atom. The monoisotopic (exact) mass is 381 g/mol. The van der Waals surface area contributed by atoms with Crippen molar-refractivity contribution in [3.8, 4) is 0 Å². The van der Waals surface area contributed by atoms with E-state index in [-0.39, 0.29) is 0 Å². The minimum atomic E-state index is 0.921. The minimum absolute atomic E-state index is 0.921. The Kier molecular flexibility index (Phi) is 10.3. The van der Waals surface area contributed by atoms with Crippen LogP contribution in [0, 0.1) is 0 Å². The molecule has 0 radical (unpaired) electrons. The molecule has 0 aromatic heterocycles. The predicted molar refractivity (Wildman–Crippen MR) is 134 cm³/mol. The van der Waals surface area contributed by atoms with Crippen molar-refractivity contribution in [1.82, 2.24) is 0 Å². The Morgan fingerprint density at radius 1 is 0.897 bits per heavy atom. The van der Waals surface area contributed by atoms with Crippen LogP contribution in [0.3, 0.4) is 0 Å². The van der Waals surface area contributed by atoms with Crippen molar-refractivity contribution in [2.45, 2.75) is 13.8 Å². The van der Waals surface area contributed by atoms with Gasteiger partial charge in [0.1, 0.15) is 0 Å². The zero-order chi connectivity index (χ0) is 21.6. The quantitative estimate of drug-likeness (QED) is 0.541. The summed E-state index contributed by atoms with van der Waals surface area (Å²) >= 11 is 0. The van der Waals surface area contributed by atoms with Gasteiger partial charge in [0.15, 0.2) is 0 Å². The summed E-state index contributed by atoms with van der Waals surface area (Å²) in [5.41, 5.74) is 5.16. The fourth-order valence-corrected chi connectivity index (χ4v) is 2.57. The van der Waals surface area contributed by atoms with Gasteiger partial charge in [0.25, 0.3) is 0 Å². The molecule has 1 nitrogen and oxygen atoms in total. The third-order valence-electron chi connectivity index (χ3n) is 4.22. The Bertz CT molecular complexity index is 1030. The van der Waals surface area contributed by atoms with Crippen LogP contribution in [-0.4, -0.2) is 0 Å². The molecule has 148 valence electrons. The van der Waals surface area contributed by atoms with Gasteiger partial charge in [-0.3, -0.25) is 0 Å². The van der Waals surface area contributed by atoms with E-state index >= 15 is 0 Å². The molecule has 0 aliphatic rings. The maximum atomic E-state index is 4.06. The smallest absolute Gasteiger partial charge is 0.0463 e. The Hall–Kier alpha value is -3.58. The molecule has 2 aromatic rings. The molecule has 2 rings (SSSR count). The molecule has 0 saturated carbocycles. The summed E-state index contributed by atoms with van der Waals surface area (Å²) in [6.45, 7) is 23.3. The molecule has 0 spiro atoms. The molecular formula is C28H31N. The Balaban J connectivity index is 0.000000447. The maximum Gasteiger partial charge on any atom is 0.0463 e. The lowest BCUT2D eigenvalue weighted by Crippen LogP contribution is -2.27. The first-order valence-electron chi connectivity index (χ1n) is 9.50. The van der Waals surface area contributed by atoms with E-state index in [1.54, 1.807) is 6.08 Å². The maximum absolute atomic E-state index is 4.06. The van der Waals surface area contributed by atoms with Gasteiger partial charge in [-0.05, 0) is 36.8 Å². The van der Waals surface area contributed by atoms with Crippen LogP contribution in [0.2, 0.25) is 0 Å². The fourth-order valence-electron chi connectivity index (χ4n) is 2.57. The number of hydrogen-bond donors (Lipinski definition) is 1. The van der Waals surface area contributed by atoms with Crippen molar-refractivity contribution in [3.05, 3.63) is 126 Å². The molecule has 0 bridgehead atoms. The summed E-state index contributed by atoms with van der Waals surface area (Å²) in [6, 6.07) is 14.0. The summed E-state index contributed by atoms with van der Waals surface area (Å²) in [5, 5.41) is 5.41. The van der Waals surface area contributed by atoms with E-state index in [9.17, 15) is 0 Å². The highest BCUT2D eigenvalue weighted by molar-refractivity contribution is 5.81. The van der Waals surface area contributed by atoms with Crippen molar-refractivity contribution in [1.29, 1.82) is 0 Å². The first kappa shape index (κ1) is 23.5. The van der Waals surface area contributed by atoms with Gasteiger partial charge in [0.05, 0.1) is 0 Å². The number of rotatable bonds is 7. The molecule has 0 aliphatic heterocycles. The van der Waals surface area contributed by atoms with Crippen LogP contribution >= 0.6 is 0 Å². The highest BCUT2D eigenvalue weighted by Gasteiger charge is 2.04. The van der Waals surface area contributed by atoms with E-state index in [1.807, 2.05) is 92.8 Å². The van der Waals surface area contributed by atoms with Crippen LogP contribution in [0.15, 0.2) is 105 Å². The highest BCUT2D eigenvalue weighted by Crippen LogP contribution is 2.23. The third-order valence-corrected chi connectivity index (χ3v) is 4.22. The second-order valence-corrected chi connectivity index (χ2v) is 6.26. The lowest BCUT2D eigenvalue weighted by molar-refractivity contribution is 1.46.